The first-order valence-corrected chi connectivity index (χ1v) is 6.02. The van der Waals surface area contributed by atoms with E-state index in [-0.39, 0.29) is 5.60 Å². The number of rotatable bonds is 1. The van der Waals surface area contributed by atoms with Crippen molar-refractivity contribution in [2.45, 2.75) is 58.0 Å². The van der Waals surface area contributed by atoms with E-state index < -0.39 is 0 Å². The fraction of sp³-hybridized carbons (Fsp3) is 1.00. The molecule has 0 spiro atoms. The maximum atomic E-state index is 5.88. The van der Waals surface area contributed by atoms with Crippen LogP contribution in [-0.2, 0) is 4.74 Å². The average molecular weight is 194 g/mol. The number of hydrogen-bond donors (Lipinski definition) is 0. The smallest absolute Gasteiger partial charge is 0.0691 e. The Morgan fingerprint density at radius 2 is 1.50 bits per heavy atom. The lowest BCUT2D eigenvalue weighted by Crippen LogP contribution is -2.59. The highest BCUT2D eigenvalue weighted by atomic mass is 16.5. The minimum atomic E-state index is 0.267. The zero-order valence-electron chi connectivity index (χ0n) is 9.73. The molecule has 4 saturated carbocycles. The van der Waals surface area contributed by atoms with E-state index in [1.807, 2.05) is 7.11 Å². The Morgan fingerprint density at radius 3 is 1.93 bits per heavy atom. The molecule has 0 N–H and O–H groups in total. The summed E-state index contributed by atoms with van der Waals surface area (Å²) < 4.78 is 5.88. The summed E-state index contributed by atoms with van der Waals surface area (Å²) in [5.41, 5.74) is 1.47. The molecule has 14 heavy (non-hydrogen) atoms. The van der Waals surface area contributed by atoms with Gasteiger partial charge in [-0.2, -0.15) is 0 Å². The standard InChI is InChI=1S/C13H22O/c1-11-4-10-5-12(2,7-11)9-13(6-10,8-11)14-3/h10H,4-9H2,1-3H3/t10?,11-,12+,13?. The van der Waals surface area contributed by atoms with Gasteiger partial charge >= 0.3 is 0 Å². The van der Waals surface area contributed by atoms with Crippen molar-refractivity contribution < 1.29 is 4.74 Å². The second kappa shape index (κ2) is 2.37. The number of ether oxygens (including phenoxy) is 1. The van der Waals surface area contributed by atoms with E-state index in [9.17, 15) is 0 Å². The summed E-state index contributed by atoms with van der Waals surface area (Å²) in [5, 5.41) is 0. The fourth-order valence-corrected chi connectivity index (χ4v) is 5.57. The second-order valence-corrected chi connectivity index (χ2v) is 7.02. The van der Waals surface area contributed by atoms with Crippen LogP contribution < -0.4 is 0 Å². The number of hydrogen-bond acceptors (Lipinski definition) is 1. The van der Waals surface area contributed by atoms with Crippen molar-refractivity contribution in [1.82, 2.24) is 0 Å². The van der Waals surface area contributed by atoms with Crippen molar-refractivity contribution in [3.05, 3.63) is 0 Å². The molecule has 4 atom stereocenters. The monoisotopic (exact) mass is 194 g/mol. The van der Waals surface area contributed by atoms with Gasteiger partial charge in [0, 0.05) is 7.11 Å². The van der Waals surface area contributed by atoms with Gasteiger partial charge in [0.2, 0.25) is 0 Å². The van der Waals surface area contributed by atoms with Gasteiger partial charge in [0.25, 0.3) is 0 Å². The summed E-state index contributed by atoms with van der Waals surface area (Å²) in [6, 6.07) is 0. The summed E-state index contributed by atoms with van der Waals surface area (Å²) in [6.07, 6.45) is 8.36. The van der Waals surface area contributed by atoms with Crippen LogP contribution in [0.4, 0.5) is 0 Å². The molecule has 4 aliphatic rings. The lowest BCUT2D eigenvalue weighted by molar-refractivity contribution is -0.203. The summed E-state index contributed by atoms with van der Waals surface area (Å²) >= 11 is 0. The normalized spacial score (nSPS) is 60.6. The molecule has 4 aliphatic carbocycles. The van der Waals surface area contributed by atoms with Gasteiger partial charge in [-0.1, -0.05) is 13.8 Å². The van der Waals surface area contributed by atoms with Gasteiger partial charge in [0.1, 0.15) is 0 Å². The summed E-state index contributed by atoms with van der Waals surface area (Å²) in [4.78, 5) is 0. The maximum absolute atomic E-state index is 5.88. The van der Waals surface area contributed by atoms with Crippen LogP contribution >= 0.6 is 0 Å². The van der Waals surface area contributed by atoms with E-state index in [4.69, 9.17) is 4.74 Å². The maximum Gasteiger partial charge on any atom is 0.0691 e. The molecule has 0 radical (unpaired) electrons. The Morgan fingerprint density at radius 1 is 0.929 bits per heavy atom. The predicted molar refractivity (Wildman–Crippen MR) is 57.1 cm³/mol. The largest absolute Gasteiger partial charge is 0.378 e. The predicted octanol–water partition coefficient (Wildman–Crippen LogP) is 3.38. The molecule has 0 aromatic heterocycles. The Hall–Kier alpha value is -0.0400. The lowest BCUT2D eigenvalue weighted by atomic mass is 9.43. The summed E-state index contributed by atoms with van der Waals surface area (Å²) in [6.45, 7) is 4.98. The van der Waals surface area contributed by atoms with Gasteiger partial charge in [0.05, 0.1) is 5.60 Å². The van der Waals surface area contributed by atoms with E-state index in [0.29, 0.717) is 10.8 Å². The SMILES string of the molecule is COC12CC3C[C@@](C)(C1)C[C@](C)(C3)C2. The fourth-order valence-electron chi connectivity index (χ4n) is 5.57. The minimum absolute atomic E-state index is 0.267. The molecule has 1 heteroatoms. The van der Waals surface area contributed by atoms with E-state index >= 15 is 0 Å². The summed E-state index contributed by atoms with van der Waals surface area (Å²) in [5.74, 6) is 0.959. The van der Waals surface area contributed by atoms with Crippen LogP contribution in [-0.4, -0.2) is 12.7 Å². The molecule has 0 aliphatic heterocycles. The van der Waals surface area contributed by atoms with Gasteiger partial charge in [-0.3, -0.25) is 0 Å². The molecular formula is C13H22O. The molecule has 1 nitrogen and oxygen atoms in total. The Kier molecular flexibility index (Phi) is 1.56. The molecule has 4 bridgehead atoms. The third-order valence-electron chi connectivity index (χ3n) is 5.01. The van der Waals surface area contributed by atoms with E-state index in [1.165, 1.54) is 38.5 Å². The Bertz CT molecular complexity index is 252. The van der Waals surface area contributed by atoms with E-state index in [2.05, 4.69) is 13.8 Å². The number of methoxy groups -OCH3 is 1. The van der Waals surface area contributed by atoms with Crippen LogP contribution in [0.1, 0.15) is 52.4 Å². The van der Waals surface area contributed by atoms with Crippen molar-refractivity contribution in [1.29, 1.82) is 0 Å². The van der Waals surface area contributed by atoms with Gasteiger partial charge in [-0.15, -0.1) is 0 Å². The zero-order valence-corrected chi connectivity index (χ0v) is 9.73. The topological polar surface area (TPSA) is 9.23 Å². The zero-order chi connectivity index (χ0) is 10.0. The highest BCUT2D eigenvalue weighted by Gasteiger charge is 2.60. The molecule has 0 saturated heterocycles. The Balaban J connectivity index is 2.01. The Labute approximate surface area is 87.2 Å². The average Bonchev–Trinajstić information content (AvgIpc) is 1.97. The molecule has 80 valence electrons. The molecule has 0 amide bonds. The third kappa shape index (κ3) is 1.11. The second-order valence-electron chi connectivity index (χ2n) is 7.02. The van der Waals surface area contributed by atoms with Gasteiger partial charge in [0.15, 0.2) is 0 Å². The van der Waals surface area contributed by atoms with Gasteiger partial charge in [-0.05, 0) is 55.3 Å². The first-order valence-electron chi connectivity index (χ1n) is 6.02. The molecule has 2 unspecified atom stereocenters. The molecule has 4 rings (SSSR count). The highest BCUT2D eigenvalue weighted by Crippen LogP contribution is 2.67. The van der Waals surface area contributed by atoms with Crippen LogP contribution in [0, 0.1) is 16.7 Å². The molecule has 0 aromatic rings. The van der Waals surface area contributed by atoms with Crippen molar-refractivity contribution in [3.63, 3.8) is 0 Å². The first-order chi connectivity index (χ1) is 6.47. The lowest BCUT2D eigenvalue weighted by Gasteiger charge is -2.64. The van der Waals surface area contributed by atoms with Crippen molar-refractivity contribution in [3.8, 4) is 0 Å². The third-order valence-corrected chi connectivity index (χ3v) is 5.01. The van der Waals surface area contributed by atoms with E-state index in [1.54, 1.807) is 0 Å². The van der Waals surface area contributed by atoms with Crippen molar-refractivity contribution in [2.24, 2.45) is 16.7 Å². The minimum Gasteiger partial charge on any atom is -0.378 e. The summed E-state index contributed by atoms with van der Waals surface area (Å²) in [7, 11) is 1.93. The van der Waals surface area contributed by atoms with Crippen LogP contribution in [0.3, 0.4) is 0 Å². The molecular weight excluding hydrogens is 172 g/mol. The molecule has 0 aromatic carbocycles. The highest BCUT2D eigenvalue weighted by molar-refractivity contribution is 5.11. The van der Waals surface area contributed by atoms with Crippen molar-refractivity contribution >= 4 is 0 Å². The van der Waals surface area contributed by atoms with Crippen LogP contribution in [0.25, 0.3) is 0 Å². The van der Waals surface area contributed by atoms with E-state index in [0.717, 1.165) is 5.92 Å². The van der Waals surface area contributed by atoms with Crippen molar-refractivity contribution in [2.75, 3.05) is 7.11 Å². The molecule has 4 fully saturated rings. The van der Waals surface area contributed by atoms with Crippen LogP contribution in [0.5, 0.6) is 0 Å². The van der Waals surface area contributed by atoms with Crippen LogP contribution in [0.15, 0.2) is 0 Å². The molecule has 0 heterocycles. The van der Waals surface area contributed by atoms with Gasteiger partial charge in [-0.25, -0.2) is 0 Å². The quantitative estimate of drug-likeness (QED) is 0.622. The van der Waals surface area contributed by atoms with Crippen LogP contribution in [0.2, 0.25) is 0 Å². The first kappa shape index (κ1) is 9.21. The van der Waals surface area contributed by atoms with Gasteiger partial charge < -0.3 is 4.74 Å².